The number of hydrogen-bond acceptors (Lipinski definition) is 12. The summed E-state index contributed by atoms with van der Waals surface area (Å²) in [5.41, 5.74) is 0.415. The topological polar surface area (TPSA) is 189 Å². The smallest absolute Gasteiger partial charge is 0.228 e. The molecule has 2 aliphatic heterocycles. The standard InChI is InChI=1S/C26H28O12/c1-11-16(8-18-19(20(11)30)13(27)7-17(36-18)12-5-3-2-4-6-12)37-26-23(33)24(15(29)10-35-26)38-25-22(32)21(31)14(28)9-34-25/h2-8,14-15,21-26,28-33H,9-10H2,1H3/t14-,15+,21+,22+,23-,24-,25+,26-/m1/s1. The first-order valence-electron chi connectivity index (χ1n) is 12.0. The molecule has 5 rings (SSSR count). The van der Waals surface area contributed by atoms with Gasteiger partial charge in [0.2, 0.25) is 6.29 Å². The van der Waals surface area contributed by atoms with Crippen LogP contribution in [0.1, 0.15) is 5.56 Å². The predicted octanol–water partition coefficient (Wildman–Crippen LogP) is -0.245. The molecule has 38 heavy (non-hydrogen) atoms. The van der Waals surface area contributed by atoms with Crippen molar-refractivity contribution in [2.75, 3.05) is 13.2 Å². The summed E-state index contributed by atoms with van der Waals surface area (Å²) in [5, 5.41) is 61.6. The van der Waals surface area contributed by atoms with Crippen molar-refractivity contribution < 1.29 is 54.0 Å². The van der Waals surface area contributed by atoms with Crippen LogP contribution in [0.25, 0.3) is 22.3 Å². The van der Waals surface area contributed by atoms with Gasteiger partial charge in [0.25, 0.3) is 0 Å². The van der Waals surface area contributed by atoms with Gasteiger partial charge < -0.3 is 54.0 Å². The number of aromatic hydroxyl groups is 1. The number of phenolic OH excluding ortho intramolecular Hbond substituents is 1. The molecule has 2 saturated heterocycles. The summed E-state index contributed by atoms with van der Waals surface area (Å²) in [6.45, 7) is 0.849. The molecule has 1 aromatic heterocycles. The Bertz CT molecular complexity index is 1340. The van der Waals surface area contributed by atoms with Gasteiger partial charge in [-0.25, -0.2) is 0 Å². The first kappa shape index (κ1) is 26.5. The van der Waals surface area contributed by atoms with E-state index in [-0.39, 0.29) is 47.0 Å². The lowest BCUT2D eigenvalue weighted by Gasteiger charge is -2.42. The van der Waals surface area contributed by atoms with Crippen LogP contribution < -0.4 is 10.2 Å². The Labute approximate surface area is 215 Å². The molecule has 0 saturated carbocycles. The molecule has 0 unspecified atom stereocenters. The highest BCUT2D eigenvalue weighted by atomic mass is 16.7. The Balaban J connectivity index is 1.41. The van der Waals surface area contributed by atoms with Crippen LogP contribution in [0.3, 0.4) is 0 Å². The number of aliphatic hydroxyl groups is 5. The molecule has 6 N–H and O–H groups in total. The third kappa shape index (κ3) is 4.88. The van der Waals surface area contributed by atoms with E-state index in [2.05, 4.69) is 0 Å². The lowest BCUT2D eigenvalue weighted by molar-refractivity contribution is -0.326. The number of rotatable bonds is 5. The molecule has 0 amide bonds. The van der Waals surface area contributed by atoms with Crippen molar-refractivity contribution >= 4 is 11.0 Å². The van der Waals surface area contributed by atoms with Gasteiger partial charge in [0, 0.05) is 23.3 Å². The van der Waals surface area contributed by atoms with Crippen molar-refractivity contribution in [1.29, 1.82) is 0 Å². The van der Waals surface area contributed by atoms with Crippen LogP contribution >= 0.6 is 0 Å². The van der Waals surface area contributed by atoms with Crippen molar-refractivity contribution in [2.45, 2.75) is 56.1 Å². The molecule has 2 aliphatic rings. The Morgan fingerprint density at radius 3 is 2.29 bits per heavy atom. The normalized spacial score (nSPS) is 31.8. The van der Waals surface area contributed by atoms with Gasteiger partial charge in [0.15, 0.2) is 11.7 Å². The maximum atomic E-state index is 12.8. The van der Waals surface area contributed by atoms with Crippen LogP contribution in [-0.2, 0) is 14.2 Å². The lowest BCUT2D eigenvalue weighted by Crippen LogP contribution is -2.60. The number of fused-ring (bicyclic) bond motifs is 1. The minimum atomic E-state index is -1.64. The third-order valence-corrected chi connectivity index (χ3v) is 6.67. The summed E-state index contributed by atoms with van der Waals surface area (Å²) >= 11 is 0. The van der Waals surface area contributed by atoms with E-state index in [1.807, 2.05) is 6.07 Å². The largest absolute Gasteiger partial charge is 0.507 e. The molecule has 0 spiro atoms. The Morgan fingerprint density at radius 1 is 0.868 bits per heavy atom. The highest BCUT2D eigenvalue weighted by Gasteiger charge is 2.46. The maximum Gasteiger partial charge on any atom is 0.228 e. The zero-order valence-corrected chi connectivity index (χ0v) is 20.2. The first-order chi connectivity index (χ1) is 18.2. The van der Waals surface area contributed by atoms with Gasteiger partial charge in [0.1, 0.15) is 64.9 Å². The Hall–Kier alpha value is -3.07. The first-order valence-corrected chi connectivity index (χ1v) is 12.0. The highest BCUT2D eigenvalue weighted by Crippen LogP contribution is 2.37. The van der Waals surface area contributed by atoms with E-state index in [4.69, 9.17) is 23.4 Å². The second kappa shape index (κ2) is 10.6. The fourth-order valence-electron chi connectivity index (χ4n) is 4.47. The van der Waals surface area contributed by atoms with Gasteiger partial charge in [0.05, 0.1) is 13.2 Å². The fraction of sp³-hybridized carbons (Fsp3) is 0.423. The minimum absolute atomic E-state index is 0.0371. The SMILES string of the molecule is Cc1c(O[C@H]2OC[C@H](O)[C@@H](O[C@@H]3OC[C@@H](O)[C@H](O)[C@@H]3O)[C@H]2O)cc2oc(-c3ccccc3)cc(=O)c2c1O. The number of hydrogen-bond donors (Lipinski definition) is 6. The van der Waals surface area contributed by atoms with Crippen molar-refractivity contribution in [1.82, 2.24) is 0 Å². The van der Waals surface area contributed by atoms with Gasteiger partial charge >= 0.3 is 0 Å². The number of phenols is 1. The van der Waals surface area contributed by atoms with Crippen LogP contribution in [0.2, 0.25) is 0 Å². The predicted molar refractivity (Wildman–Crippen MR) is 129 cm³/mol. The zero-order valence-electron chi connectivity index (χ0n) is 20.2. The number of ether oxygens (including phenoxy) is 4. The average molecular weight is 532 g/mol. The molecule has 3 aromatic rings. The average Bonchev–Trinajstić information content (AvgIpc) is 2.91. The van der Waals surface area contributed by atoms with Crippen molar-refractivity contribution in [2.24, 2.45) is 0 Å². The van der Waals surface area contributed by atoms with Crippen LogP contribution in [0, 0.1) is 6.92 Å². The van der Waals surface area contributed by atoms with Gasteiger partial charge in [-0.3, -0.25) is 4.79 Å². The van der Waals surface area contributed by atoms with Crippen LogP contribution in [0.4, 0.5) is 0 Å². The van der Waals surface area contributed by atoms with Crippen LogP contribution in [0.15, 0.2) is 51.7 Å². The summed E-state index contributed by atoms with van der Waals surface area (Å²) < 4.78 is 27.9. The lowest BCUT2D eigenvalue weighted by atomic mass is 10.0. The third-order valence-electron chi connectivity index (χ3n) is 6.67. The van der Waals surface area contributed by atoms with Crippen molar-refractivity contribution in [3.8, 4) is 22.8 Å². The monoisotopic (exact) mass is 532 g/mol. The molecule has 0 radical (unpaired) electrons. The van der Waals surface area contributed by atoms with E-state index < -0.39 is 54.6 Å². The van der Waals surface area contributed by atoms with Gasteiger partial charge in [-0.2, -0.15) is 0 Å². The van der Waals surface area contributed by atoms with E-state index in [0.717, 1.165) is 0 Å². The molecule has 12 heteroatoms. The van der Waals surface area contributed by atoms with E-state index >= 15 is 0 Å². The fourth-order valence-corrected chi connectivity index (χ4v) is 4.47. The van der Waals surface area contributed by atoms with Gasteiger partial charge in [-0.05, 0) is 6.92 Å². The molecule has 3 heterocycles. The molecule has 2 fully saturated rings. The summed E-state index contributed by atoms with van der Waals surface area (Å²) in [5.74, 6) is -0.0495. The van der Waals surface area contributed by atoms with Crippen LogP contribution in [0.5, 0.6) is 11.5 Å². The molecular weight excluding hydrogens is 504 g/mol. The van der Waals surface area contributed by atoms with E-state index in [1.165, 1.54) is 19.1 Å². The number of benzene rings is 2. The summed E-state index contributed by atoms with van der Waals surface area (Å²) in [7, 11) is 0. The maximum absolute atomic E-state index is 12.8. The molecule has 12 nitrogen and oxygen atoms in total. The minimum Gasteiger partial charge on any atom is -0.507 e. The summed E-state index contributed by atoms with van der Waals surface area (Å²) in [4.78, 5) is 12.8. The van der Waals surface area contributed by atoms with Gasteiger partial charge in [-0.1, -0.05) is 30.3 Å². The molecule has 0 bridgehead atoms. The van der Waals surface area contributed by atoms with E-state index in [9.17, 15) is 35.4 Å². The summed E-state index contributed by atoms with van der Waals surface area (Å²) in [6, 6.07) is 11.6. The van der Waals surface area contributed by atoms with Crippen LogP contribution in [-0.4, -0.2) is 93.1 Å². The quantitative estimate of drug-likeness (QED) is 0.253. The molecule has 2 aromatic carbocycles. The summed E-state index contributed by atoms with van der Waals surface area (Å²) in [6.07, 6.45) is -11.7. The Morgan fingerprint density at radius 2 is 1.55 bits per heavy atom. The van der Waals surface area contributed by atoms with Crippen molar-refractivity contribution in [3.05, 3.63) is 58.3 Å². The molecule has 204 valence electrons. The molecule has 8 atom stereocenters. The Kier molecular flexibility index (Phi) is 7.40. The molecule has 0 aliphatic carbocycles. The van der Waals surface area contributed by atoms with Gasteiger partial charge in [-0.15, -0.1) is 0 Å². The van der Waals surface area contributed by atoms with Crippen molar-refractivity contribution in [3.63, 3.8) is 0 Å². The second-order valence-corrected chi connectivity index (χ2v) is 9.29. The van der Waals surface area contributed by atoms with E-state index in [0.29, 0.717) is 5.56 Å². The highest BCUT2D eigenvalue weighted by molar-refractivity contribution is 5.87. The zero-order chi connectivity index (χ0) is 27.1. The number of aliphatic hydroxyl groups excluding tert-OH is 5. The molecular formula is C26H28O12. The van der Waals surface area contributed by atoms with E-state index in [1.54, 1.807) is 24.3 Å². The second-order valence-electron chi connectivity index (χ2n) is 9.29.